The summed E-state index contributed by atoms with van der Waals surface area (Å²) in [6.07, 6.45) is 1.57. The summed E-state index contributed by atoms with van der Waals surface area (Å²) in [4.78, 5) is 25.9. The Balaban J connectivity index is 1.60. The standard InChI is InChI=1S/C26H24N2O3/c1-26(2)25(29)28(30-18-19-11-5-3-6-12-19)24-22-16-10-9-15-21(22)17-23(27(24)31-26)20-13-7-4-8-14-20/h3-17,24H,18H2,1-2H3. The molecule has 156 valence electrons. The van der Waals surface area contributed by atoms with Crippen LogP contribution in [0.15, 0.2) is 84.9 Å². The van der Waals surface area contributed by atoms with E-state index in [9.17, 15) is 4.79 Å². The van der Waals surface area contributed by atoms with E-state index in [-0.39, 0.29) is 5.91 Å². The lowest BCUT2D eigenvalue weighted by molar-refractivity contribution is -0.337. The summed E-state index contributed by atoms with van der Waals surface area (Å²) in [5, 5.41) is 3.29. The Morgan fingerprint density at radius 1 is 0.903 bits per heavy atom. The van der Waals surface area contributed by atoms with E-state index in [0.29, 0.717) is 6.61 Å². The van der Waals surface area contributed by atoms with Crippen molar-refractivity contribution in [1.82, 2.24) is 10.1 Å². The van der Waals surface area contributed by atoms with Crippen molar-refractivity contribution in [2.45, 2.75) is 32.2 Å². The van der Waals surface area contributed by atoms with Crippen molar-refractivity contribution >= 4 is 17.7 Å². The second-order valence-electron chi connectivity index (χ2n) is 8.22. The third-order valence-corrected chi connectivity index (χ3v) is 5.57. The van der Waals surface area contributed by atoms with Gasteiger partial charge in [0.2, 0.25) is 0 Å². The van der Waals surface area contributed by atoms with Crippen molar-refractivity contribution in [1.29, 1.82) is 0 Å². The highest BCUT2D eigenvalue weighted by Crippen LogP contribution is 2.45. The highest BCUT2D eigenvalue weighted by Gasteiger charge is 2.50. The van der Waals surface area contributed by atoms with Crippen LogP contribution >= 0.6 is 0 Å². The smallest absolute Gasteiger partial charge is 0.269 e. The number of fused-ring (bicyclic) bond motifs is 3. The molecule has 0 N–H and O–H groups in total. The molecule has 1 saturated heterocycles. The number of amides is 1. The van der Waals surface area contributed by atoms with E-state index in [1.807, 2.05) is 83.9 Å². The van der Waals surface area contributed by atoms with Crippen LogP contribution in [0, 0.1) is 0 Å². The van der Waals surface area contributed by atoms with Crippen LogP contribution in [-0.4, -0.2) is 21.6 Å². The fraction of sp³-hybridized carbons (Fsp3) is 0.192. The molecule has 5 rings (SSSR count). The molecule has 1 amide bonds. The van der Waals surface area contributed by atoms with E-state index in [1.54, 1.807) is 13.8 Å². The monoisotopic (exact) mass is 412 g/mol. The normalized spacial score (nSPS) is 19.5. The molecule has 2 heterocycles. The van der Waals surface area contributed by atoms with Gasteiger partial charge in [0.15, 0.2) is 11.8 Å². The molecule has 3 aromatic carbocycles. The highest BCUT2D eigenvalue weighted by molar-refractivity contribution is 5.88. The molecule has 2 aliphatic heterocycles. The minimum absolute atomic E-state index is 0.214. The summed E-state index contributed by atoms with van der Waals surface area (Å²) in [7, 11) is 0. The first-order valence-corrected chi connectivity index (χ1v) is 10.4. The number of hydrogen-bond acceptors (Lipinski definition) is 4. The summed E-state index contributed by atoms with van der Waals surface area (Å²) in [6, 6.07) is 27.9. The maximum absolute atomic E-state index is 13.4. The van der Waals surface area contributed by atoms with Crippen LogP contribution in [0.25, 0.3) is 11.8 Å². The first-order chi connectivity index (χ1) is 15.0. The summed E-state index contributed by atoms with van der Waals surface area (Å²) in [6.45, 7) is 3.83. The van der Waals surface area contributed by atoms with Crippen molar-refractivity contribution in [3.05, 3.63) is 107 Å². The molecule has 0 radical (unpaired) electrons. The number of nitrogens with zero attached hydrogens (tertiary/aromatic N) is 2. The predicted molar refractivity (Wildman–Crippen MR) is 119 cm³/mol. The van der Waals surface area contributed by atoms with Gasteiger partial charge in [-0.05, 0) is 31.1 Å². The summed E-state index contributed by atoms with van der Waals surface area (Å²) in [5.74, 6) is -0.214. The Morgan fingerprint density at radius 2 is 1.55 bits per heavy atom. The van der Waals surface area contributed by atoms with Crippen molar-refractivity contribution in [3.8, 4) is 0 Å². The van der Waals surface area contributed by atoms with Gasteiger partial charge in [-0.1, -0.05) is 84.9 Å². The van der Waals surface area contributed by atoms with Gasteiger partial charge >= 0.3 is 0 Å². The molecule has 2 aliphatic rings. The molecule has 5 heteroatoms. The molecule has 1 fully saturated rings. The first kappa shape index (κ1) is 19.5. The van der Waals surface area contributed by atoms with E-state index < -0.39 is 11.8 Å². The topological polar surface area (TPSA) is 42.0 Å². The maximum atomic E-state index is 13.4. The quantitative estimate of drug-likeness (QED) is 0.592. The van der Waals surface area contributed by atoms with Crippen LogP contribution in [0.3, 0.4) is 0 Å². The Kier molecular flexibility index (Phi) is 4.85. The molecule has 31 heavy (non-hydrogen) atoms. The number of rotatable bonds is 4. The Hall–Kier alpha value is -3.41. The fourth-order valence-corrected chi connectivity index (χ4v) is 4.00. The molecule has 1 atom stereocenters. The van der Waals surface area contributed by atoms with Gasteiger partial charge in [-0.25, -0.2) is 5.06 Å². The molecule has 0 aliphatic carbocycles. The van der Waals surface area contributed by atoms with Crippen molar-refractivity contribution in [2.75, 3.05) is 0 Å². The zero-order valence-electron chi connectivity index (χ0n) is 17.6. The molecule has 5 nitrogen and oxygen atoms in total. The van der Waals surface area contributed by atoms with Crippen LogP contribution in [0.5, 0.6) is 0 Å². The first-order valence-electron chi connectivity index (χ1n) is 10.4. The highest BCUT2D eigenvalue weighted by atomic mass is 16.8. The summed E-state index contributed by atoms with van der Waals surface area (Å²) >= 11 is 0. The molecular weight excluding hydrogens is 388 g/mol. The SMILES string of the molecule is CC1(C)ON2C(c3ccccc3)=Cc3ccccc3C2N(OCc2ccccc2)C1=O. The second-order valence-corrected chi connectivity index (χ2v) is 8.22. The molecular formula is C26H24N2O3. The van der Waals surface area contributed by atoms with Gasteiger partial charge in [0.1, 0.15) is 6.61 Å². The van der Waals surface area contributed by atoms with Crippen LogP contribution in [0.2, 0.25) is 0 Å². The average molecular weight is 412 g/mol. The number of carbonyl (C=O) groups is 1. The van der Waals surface area contributed by atoms with Crippen molar-refractivity contribution in [2.24, 2.45) is 0 Å². The minimum Gasteiger partial charge on any atom is -0.269 e. The van der Waals surface area contributed by atoms with Gasteiger partial charge in [0.05, 0.1) is 5.70 Å². The van der Waals surface area contributed by atoms with Gasteiger partial charge in [0, 0.05) is 11.1 Å². The number of hydrogen-bond donors (Lipinski definition) is 0. The molecule has 0 bridgehead atoms. The Bertz CT molecular complexity index is 1130. The van der Waals surface area contributed by atoms with Gasteiger partial charge in [-0.3, -0.25) is 14.5 Å². The molecule has 0 saturated carbocycles. The Labute approximate surface area is 182 Å². The van der Waals surface area contributed by atoms with Gasteiger partial charge in [-0.2, -0.15) is 5.06 Å². The number of hydroxylamine groups is 4. The lowest BCUT2D eigenvalue weighted by Crippen LogP contribution is -2.60. The van der Waals surface area contributed by atoms with Crippen molar-refractivity contribution < 1.29 is 14.5 Å². The average Bonchev–Trinajstić information content (AvgIpc) is 2.80. The van der Waals surface area contributed by atoms with E-state index in [1.165, 1.54) is 5.06 Å². The lowest BCUT2D eigenvalue weighted by atomic mass is 9.95. The van der Waals surface area contributed by atoms with Crippen LogP contribution in [0.4, 0.5) is 0 Å². The zero-order chi connectivity index (χ0) is 21.4. The van der Waals surface area contributed by atoms with Crippen LogP contribution < -0.4 is 0 Å². The van der Waals surface area contributed by atoms with E-state index in [4.69, 9.17) is 9.68 Å². The maximum Gasteiger partial charge on any atom is 0.282 e. The number of carbonyl (C=O) groups excluding carboxylic acids is 1. The summed E-state index contributed by atoms with van der Waals surface area (Å²) in [5.41, 5.74) is 3.81. The second kappa shape index (κ2) is 7.69. The van der Waals surface area contributed by atoms with Gasteiger partial charge in [0.25, 0.3) is 5.91 Å². The van der Waals surface area contributed by atoms with Crippen molar-refractivity contribution in [3.63, 3.8) is 0 Å². The third kappa shape index (κ3) is 3.52. The van der Waals surface area contributed by atoms with E-state index in [2.05, 4.69) is 12.1 Å². The van der Waals surface area contributed by atoms with Gasteiger partial charge in [-0.15, -0.1) is 0 Å². The largest absolute Gasteiger partial charge is 0.282 e. The van der Waals surface area contributed by atoms with Gasteiger partial charge < -0.3 is 0 Å². The Morgan fingerprint density at radius 3 is 2.29 bits per heavy atom. The zero-order valence-corrected chi connectivity index (χ0v) is 17.6. The molecule has 0 spiro atoms. The van der Waals surface area contributed by atoms with E-state index >= 15 is 0 Å². The number of benzene rings is 3. The third-order valence-electron chi connectivity index (χ3n) is 5.57. The van der Waals surface area contributed by atoms with Crippen LogP contribution in [-0.2, 0) is 21.1 Å². The predicted octanol–water partition coefficient (Wildman–Crippen LogP) is 5.18. The molecule has 0 aromatic heterocycles. The lowest BCUT2D eigenvalue weighted by Gasteiger charge is -2.50. The van der Waals surface area contributed by atoms with E-state index in [0.717, 1.165) is 28.0 Å². The minimum atomic E-state index is -1.08. The van der Waals surface area contributed by atoms with Crippen LogP contribution in [0.1, 0.15) is 42.3 Å². The fourth-order valence-electron chi connectivity index (χ4n) is 4.00. The molecule has 3 aromatic rings. The molecule has 1 unspecified atom stereocenters. The summed E-state index contributed by atoms with van der Waals surface area (Å²) < 4.78 is 0.